The van der Waals surface area contributed by atoms with Crippen LogP contribution in [0.15, 0.2) is 59.6 Å². The molecule has 1 fully saturated rings. The number of guanidine groups is 1. The Bertz CT molecular complexity index is 713. The molecule has 0 aliphatic carbocycles. The summed E-state index contributed by atoms with van der Waals surface area (Å²) in [4.78, 5) is 9.63. The van der Waals surface area contributed by atoms with Crippen molar-refractivity contribution in [3.8, 4) is 5.75 Å². The molecule has 1 saturated heterocycles. The average Bonchev–Trinajstić information content (AvgIpc) is 2.72. The van der Waals surface area contributed by atoms with Crippen LogP contribution in [0.5, 0.6) is 5.75 Å². The van der Waals surface area contributed by atoms with Crippen LogP contribution in [-0.2, 0) is 6.42 Å². The molecule has 2 N–H and O–H groups in total. The molecule has 0 atom stereocenters. The van der Waals surface area contributed by atoms with E-state index in [1.807, 2.05) is 12.1 Å². The standard InChI is InChI=1S/C22H30N4O.HI/c1-2-23-22(24-14-6-7-19-10-12-21(27)13-11-19)26-17-15-25(16-18-26)20-8-4-3-5-9-20;/h3-5,8-13,27H,2,6-7,14-18H2,1H3,(H,23,24);1H. The highest BCUT2D eigenvalue weighted by Crippen LogP contribution is 2.15. The van der Waals surface area contributed by atoms with Crippen LogP contribution in [-0.4, -0.2) is 55.2 Å². The van der Waals surface area contributed by atoms with Crippen molar-refractivity contribution in [2.45, 2.75) is 19.8 Å². The zero-order valence-electron chi connectivity index (χ0n) is 16.6. The van der Waals surface area contributed by atoms with Crippen LogP contribution in [0.4, 0.5) is 5.69 Å². The van der Waals surface area contributed by atoms with Gasteiger partial charge in [-0.25, -0.2) is 0 Å². The quantitative estimate of drug-likeness (QED) is 0.278. The van der Waals surface area contributed by atoms with E-state index in [0.717, 1.165) is 58.1 Å². The number of aromatic hydroxyl groups is 1. The van der Waals surface area contributed by atoms with E-state index in [0.29, 0.717) is 5.75 Å². The molecule has 0 spiro atoms. The van der Waals surface area contributed by atoms with Crippen LogP contribution in [0, 0.1) is 0 Å². The normalized spacial score (nSPS) is 14.5. The minimum Gasteiger partial charge on any atom is -0.508 e. The first-order chi connectivity index (χ1) is 13.3. The predicted octanol–water partition coefficient (Wildman–Crippen LogP) is 3.73. The van der Waals surface area contributed by atoms with Gasteiger partial charge in [0.05, 0.1) is 0 Å². The molecule has 0 radical (unpaired) electrons. The number of rotatable bonds is 6. The Hall–Kier alpha value is -1.96. The highest BCUT2D eigenvalue weighted by atomic mass is 127. The molecule has 3 rings (SSSR count). The van der Waals surface area contributed by atoms with E-state index >= 15 is 0 Å². The molecule has 0 saturated carbocycles. The van der Waals surface area contributed by atoms with Gasteiger partial charge in [0.15, 0.2) is 5.96 Å². The zero-order chi connectivity index (χ0) is 18.9. The second-order valence-electron chi connectivity index (χ2n) is 6.82. The molecular formula is C22H31IN4O. The number of benzene rings is 2. The van der Waals surface area contributed by atoms with E-state index in [1.54, 1.807) is 12.1 Å². The van der Waals surface area contributed by atoms with Crippen LogP contribution in [0.1, 0.15) is 18.9 Å². The van der Waals surface area contributed by atoms with E-state index in [9.17, 15) is 5.11 Å². The maximum atomic E-state index is 9.36. The maximum Gasteiger partial charge on any atom is 0.194 e. The number of piperazine rings is 1. The third-order valence-electron chi connectivity index (χ3n) is 4.86. The summed E-state index contributed by atoms with van der Waals surface area (Å²) in [6.07, 6.45) is 1.98. The molecule has 6 heteroatoms. The lowest BCUT2D eigenvalue weighted by atomic mass is 10.1. The first-order valence-corrected chi connectivity index (χ1v) is 9.87. The Morgan fingerprint density at radius 3 is 2.32 bits per heavy atom. The second kappa shape index (κ2) is 11.8. The number of nitrogens with one attached hydrogen (secondary N) is 1. The summed E-state index contributed by atoms with van der Waals surface area (Å²) in [5, 5.41) is 12.8. The van der Waals surface area contributed by atoms with Gasteiger partial charge >= 0.3 is 0 Å². The van der Waals surface area contributed by atoms with Gasteiger partial charge in [-0.3, -0.25) is 4.99 Å². The largest absolute Gasteiger partial charge is 0.508 e. The minimum absolute atomic E-state index is 0. The number of phenols is 1. The van der Waals surface area contributed by atoms with Crippen LogP contribution in [0.3, 0.4) is 0 Å². The molecular weight excluding hydrogens is 463 g/mol. The fourth-order valence-electron chi connectivity index (χ4n) is 3.37. The average molecular weight is 494 g/mol. The summed E-state index contributed by atoms with van der Waals surface area (Å²) in [6.45, 7) is 7.81. The van der Waals surface area contributed by atoms with Crippen molar-refractivity contribution in [3.63, 3.8) is 0 Å². The summed E-state index contributed by atoms with van der Waals surface area (Å²) in [5.74, 6) is 1.34. The third-order valence-corrected chi connectivity index (χ3v) is 4.86. The van der Waals surface area contributed by atoms with Crippen molar-refractivity contribution in [1.29, 1.82) is 0 Å². The van der Waals surface area contributed by atoms with Gasteiger partial charge in [-0.1, -0.05) is 30.3 Å². The van der Waals surface area contributed by atoms with Gasteiger partial charge in [-0.2, -0.15) is 0 Å². The Kier molecular flexibility index (Phi) is 9.40. The lowest BCUT2D eigenvalue weighted by Gasteiger charge is -2.37. The Morgan fingerprint density at radius 1 is 1.00 bits per heavy atom. The fourth-order valence-corrected chi connectivity index (χ4v) is 3.37. The highest BCUT2D eigenvalue weighted by Gasteiger charge is 2.19. The third kappa shape index (κ3) is 6.58. The topological polar surface area (TPSA) is 51.1 Å². The van der Waals surface area contributed by atoms with Gasteiger partial charge in [0, 0.05) is 45.0 Å². The number of anilines is 1. The zero-order valence-corrected chi connectivity index (χ0v) is 18.9. The first kappa shape index (κ1) is 22.3. The molecule has 0 unspecified atom stereocenters. The van der Waals surface area contributed by atoms with Crippen molar-refractivity contribution in [3.05, 3.63) is 60.2 Å². The van der Waals surface area contributed by atoms with E-state index in [2.05, 4.69) is 52.4 Å². The number of nitrogens with zero attached hydrogens (tertiary/aromatic N) is 3. The Balaban J connectivity index is 0.00000280. The van der Waals surface area contributed by atoms with Gasteiger partial charge in [0.25, 0.3) is 0 Å². The van der Waals surface area contributed by atoms with Crippen molar-refractivity contribution >= 4 is 35.6 Å². The predicted molar refractivity (Wildman–Crippen MR) is 128 cm³/mol. The summed E-state index contributed by atoms with van der Waals surface area (Å²) in [6, 6.07) is 18.1. The van der Waals surface area contributed by atoms with Gasteiger partial charge < -0.3 is 20.2 Å². The molecule has 2 aromatic carbocycles. The van der Waals surface area contributed by atoms with Gasteiger partial charge in [-0.15, -0.1) is 24.0 Å². The summed E-state index contributed by atoms with van der Waals surface area (Å²) in [5.41, 5.74) is 2.54. The molecule has 1 aliphatic heterocycles. The SMILES string of the molecule is CCNC(=NCCCc1ccc(O)cc1)N1CCN(c2ccccc2)CC1.I. The lowest BCUT2D eigenvalue weighted by Crippen LogP contribution is -2.52. The molecule has 2 aromatic rings. The summed E-state index contributed by atoms with van der Waals surface area (Å²) < 4.78 is 0. The molecule has 0 amide bonds. The smallest absolute Gasteiger partial charge is 0.194 e. The van der Waals surface area contributed by atoms with E-state index in [-0.39, 0.29) is 24.0 Å². The number of halogens is 1. The lowest BCUT2D eigenvalue weighted by molar-refractivity contribution is 0.372. The number of aryl methyl sites for hydroxylation is 1. The molecule has 0 bridgehead atoms. The molecule has 28 heavy (non-hydrogen) atoms. The van der Waals surface area contributed by atoms with Crippen LogP contribution < -0.4 is 10.2 Å². The van der Waals surface area contributed by atoms with E-state index in [1.165, 1.54) is 11.3 Å². The van der Waals surface area contributed by atoms with Crippen molar-refractivity contribution < 1.29 is 5.11 Å². The van der Waals surface area contributed by atoms with E-state index in [4.69, 9.17) is 4.99 Å². The number of para-hydroxylation sites is 1. The molecule has 0 aromatic heterocycles. The molecule has 152 valence electrons. The van der Waals surface area contributed by atoms with Crippen molar-refractivity contribution in [2.24, 2.45) is 4.99 Å². The number of aliphatic imine (C=N–C) groups is 1. The minimum atomic E-state index is 0. The van der Waals surface area contributed by atoms with Gasteiger partial charge in [0.2, 0.25) is 0 Å². The summed E-state index contributed by atoms with van der Waals surface area (Å²) >= 11 is 0. The van der Waals surface area contributed by atoms with Crippen molar-refractivity contribution in [1.82, 2.24) is 10.2 Å². The van der Waals surface area contributed by atoms with Crippen molar-refractivity contribution in [2.75, 3.05) is 44.2 Å². The van der Waals surface area contributed by atoms with Crippen LogP contribution >= 0.6 is 24.0 Å². The number of hydrogen-bond donors (Lipinski definition) is 2. The van der Waals surface area contributed by atoms with Crippen LogP contribution in [0.2, 0.25) is 0 Å². The molecule has 1 heterocycles. The molecule has 1 aliphatic rings. The monoisotopic (exact) mass is 494 g/mol. The Morgan fingerprint density at radius 2 is 1.68 bits per heavy atom. The first-order valence-electron chi connectivity index (χ1n) is 9.87. The Labute approximate surface area is 185 Å². The second-order valence-corrected chi connectivity index (χ2v) is 6.82. The highest BCUT2D eigenvalue weighted by molar-refractivity contribution is 14.0. The van der Waals surface area contributed by atoms with Gasteiger partial charge in [0.1, 0.15) is 5.75 Å². The molecule has 5 nitrogen and oxygen atoms in total. The number of hydrogen-bond acceptors (Lipinski definition) is 3. The van der Waals surface area contributed by atoms with Gasteiger partial charge in [-0.05, 0) is 49.6 Å². The van der Waals surface area contributed by atoms with E-state index < -0.39 is 0 Å². The maximum absolute atomic E-state index is 9.36. The summed E-state index contributed by atoms with van der Waals surface area (Å²) in [7, 11) is 0. The number of phenolic OH excluding ortho intramolecular Hbond substituents is 1. The fraction of sp³-hybridized carbons (Fsp3) is 0.409. The van der Waals surface area contributed by atoms with Crippen LogP contribution in [0.25, 0.3) is 0 Å².